The molecule has 1 atom stereocenters. The van der Waals surface area contributed by atoms with Crippen LogP contribution in [0.2, 0.25) is 0 Å². The smallest absolute Gasteiger partial charge is 0.243 e. The lowest BCUT2D eigenvalue weighted by atomic mass is 9.87. The van der Waals surface area contributed by atoms with E-state index in [0.717, 1.165) is 11.1 Å². The minimum atomic E-state index is -3.75. The maximum Gasteiger partial charge on any atom is 0.243 e. The molecule has 1 aliphatic heterocycles. The second-order valence-corrected chi connectivity index (χ2v) is 9.30. The molecule has 1 fully saturated rings. The van der Waals surface area contributed by atoms with E-state index in [1.54, 1.807) is 48.7 Å². The maximum absolute atomic E-state index is 13.4. The SMILES string of the molecule is Cc1ccc(S(=O)(=O)N2C/C(=C/c3ccccn3)C(=O)C(c3ccccc3)C2)cc1. The molecule has 1 aliphatic rings. The van der Waals surface area contributed by atoms with Crippen LogP contribution in [0.3, 0.4) is 0 Å². The molecule has 0 saturated carbocycles. The molecule has 2 heterocycles. The Hall–Kier alpha value is -3.09. The molecule has 0 spiro atoms. The number of rotatable bonds is 4. The highest BCUT2D eigenvalue weighted by Gasteiger charge is 2.38. The number of carbonyl (C=O) groups excluding carboxylic acids is 1. The van der Waals surface area contributed by atoms with Crippen molar-refractivity contribution < 1.29 is 13.2 Å². The van der Waals surface area contributed by atoms with Gasteiger partial charge >= 0.3 is 0 Å². The van der Waals surface area contributed by atoms with Gasteiger partial charge in [0.1, 0.15) is 0 Å². The third kappa shape index (κ3) is 4.10. The van der Waals surface area contributed by atoms with Crippen LogP contribution < -0.4 is 0 Å². The highest BCUT2D eigenvalue weighted by atomic mass is 32.2. The van der Waals surface area contributed by atoms with Crippen molar-refractivity contribution in [3.63, 3.8) is 0 Å². The van der Waals surface area contributed by atoms with E-state index in [9.17, 15) is 13.2 Å². The highest BCUT2D eigenvalue weighted by Crippen LogP contribution is 2.31. The summed E-state index contributed by atoms with van der Waals surface area (Å²) in [6.45, 7) is 2.04. The summed E-state index contributed by atoms with van der Waals surface area (Å²) in [6.07, 6.45) is 3.34. The summed E-state index contributed by atoms with van der Waals surface area (Å²) in [4.78, 5) is 17.8. The van der Waals surface area contributed by atoms with E-state index < -0.39 is 15.9 Å². The van der Waals surface area contributed by atoms with Gasteiger partial charge in [-0.3, -0.25) is 9.78 Å². The van der Waals surface area contributed by atoms with E-state index in [1.807, 2.05) is 43.3 Å². The molecule has 1 saturated heterocycles. The summed E-state index contributed by atoms with van der Waals surface area (Å²) < 4.78 is 28.1. The zero-order chi connectivity index (χ0) is 21.1. The number of hydrogen-bond donors (Lipinski definition) is 0. The van der Waals surface area contributed by atoms with Crippen molar-refractivity contribution in [3.8, 4) is 0 Å². The summed E-state index contributed by atoms with van der Waals surface area (Å²) in [5.41, 5.74) is 2.85. The molecule has 0 radical (unpaired) electrons. The predicted octanol–water partition coefficient (Wildman–Crippen LogP) is 3.83. The number of sulfonamides is 1. The predicted molar refractivity (Wildman–Crippen MR) is 116 cm³/mol. The average Bonchev–Trinajstić information content (AvgIpc) is 2.76. The van der Waals surface area contributed by atoms with E-state index in [0.29, 0.717) is 11.3 Å². The van der Waals surface area contributed by atoms with Crippen molar-refractivity contribution in [2.75, 3.05) is 13.1 Å². The molecule has 5 nitrogen and oxygen atoms in total. The summed E-state index contributed by atoms with van der Waals surface area (Å²) in [5, 5.41) is 0. The third-order valence-electron chi connectivity index (χ3n) is 5.24. The number of pyridine rings is 1. The van der Waals surface area contributed by atoms with Gasteiger partial charge in [0.2, 0.25) is 10.0 Å². The number of benzene rings is 2. The molecule has 1 unspecified atom stereocenters. The lowest BCUT2D eigenvalue weighted by Crippen LogP contribution is -2.44. The molecule has 4 rings (SSSR count). The number of nitrogens with zero attached hydrogens (tertiary/aromatic N) is 2. The van der Waals surface area contributed by atoms with E-state index in [-0.39, 0.29) is 23.8 Å². The lowest BCUT2D eigenvalue weighted by Gasteiger charge is -2.33. The zero-order valence-electron chi connectivity index (χ0n) is 16.6. The van der Waals surface area contributed by atoms with Gasteiger partial charge in [-0.25, -0.2) is 8.42 Å². The van der Waals surface area contributed by atoms with Gasteiger partial charge in [0, 0.05) is 24.9 Å². The van der Waals surface area contributed by atoms with Crippen molar-refractivity contribution in [1.29, 1.82) is 0 Å². The first-order chi connectivity index (χ1) is 14.4. The fourth-order valence-electron chi connectivity index (χ4n) is 3.58. The fraction of sp³-hybridized carbons (Fsp3) is 0.167. The Balaban J connectivity index is 1.76. The Morgan fingerprint density at radius 2 is 1.67 bits per heavy atom. The average molecular weight is 419 g/mol. The van der Waals surface area contributed by atoms with Gasteiger partial charge in [0.05, 0.1) is 16.5 Å². The van der Waals surface area contributed by atoms with Crippen LogP contribution in [0.5, 0.6) is 0 Å². The van der Waals surface area contributed by atoms with Gasteiger partial charge in [0.15, 0.2) is 5.78 Å². The van der Waals surface area contributed by atoms with Gasteiger partial charge in [-0.2, -0.15) is 4.31 Å². The number of hydrogen-bond acceptors (Lipinski definition) is 4. The Morgan fingerprint density at radius 3 is 2.33 bits per heavy atom. The minimum absolute atomic E-state index is 0.0228. The number of piperidine rings is 1. The fourth-order valence-corrected chi connectivity index (χ4v) is 5.02. The minimum Gasteiger partial charge on any atom is -0.294 e. The van der Waals surface area contributed by atoms with Crippen LogP contribution in [-0.2, 0) is 14.8 Å². The third-order valence-corrected chi connectivity index (χ3v) is 7.06. The molecule has 0 N–H and O–H groups in total. The summed E-state index contributed by atoms with van der Waals surface area (Å²) in [7, 11) is -3.75. The second kappa shape index (κ2) is 8.34. The van der Waals surface area contributed by atoms with Gasteiger partial charge < -0.3 is 0 Å². The van der Waals surface area contributed by atoms with Crippen LogP contribution >= 0.6 is 0 Å². The monoisotopic (exact) mass is 418 g/mol. The molecule has 0 bridgehead atoms. The lowest BCUT2D eigenvalue weighted by molar-refractivity contribution is -0.118. The van der Waals surface area contributed by atoms with Crippen LogP contribution in [0.4, 0.5) is 0 Å². The normalized spacial score (nSPS) is 19.2. The highest BCUT2D eigenvalue weighted by molar-refractivity contribution is 7.89. The Labute approximate surface area is 176 Å². The summed E-state index contributed by atoms with van der Waals surface area (Å²) in [6, 6.07) is 21.5. The molecule has 0 aliphatic carbocycles. The van der Waals surface area contributed by atoms with Gasteiger partial charge in [-0.1, -0.05) is 54.1 Å². The number of aromatic nitrogens is 1. The van der Waals surface area contributed by atoms with Crippen molar-refractivity contribution in [2.24, 2.45) is 0 Å². The van der Waals surface area contributed by atoms with Crippen molar-refractivity contribution in [3.05, 3.63) is 101 Å². The van der Waals surface area contributed by atoms with E-state index >= 15 is 0 Å². The van der Waals surface area contributed by atoms with Crippen LogP contribution in [0.1, 0.15) is 22.7 Å². The van der Waals surface area contributed by atoms with E-state index in [1.165, 1.54) is 4.31 Å². The quantitative estimate of drug-likeness (QED) is 0.604. The van der Waals surface area contributed by atoms with Gasteiger partial charge in [-0.15, -0.1) is 0 Å². The molecule has 0 amide bonds. The zero-order valence-corrected chi connectivity index (χ0v) is 17.4. The van der Waals surface area contributed by atoms with Crippen LogP contribution in [0, 0.1) is 6.92 Å². The molecule has 2 aromatic carbocycles. The van der Waals surface area contributed by atoms with Crippen LogP contribution in [-0.4, -0.2) is 36.6 Å². The Bertz CT molecular complexity index is 1170. The molecule has 152 valence electrons. The first kappa shape index (κ1) is 20.2. The molecule has 6 heteroatoms. The first-order valence-electron chi connectivity index (χ1n) is 9.73. The van der Waals surface area contributed by atoms with Crippen LogP contribution in [0.15, 0.2) is 89.5 Å². The Morgan fingerprint density at radius 1 is 0.967 bits per heavy atom. The largest absolute Gasteiger partial charge is 0.294 e. The molecule has 3 aromatic rings. The van der Waals surface area contributed by atoms with Crippen molar-refractivity contribution in [2.45, 2.75) is 17.7 Å². The molecular weight excluding hydrogens is 396 g/mol. The first-order valence-corrected chi connectivity index (χ1v) is 11.2. The molecule has 30 heavy (non-hydrogen) atoms. The van der Waals surface area contributed by atoms with Gasteiger partial charge in [-0.05, 0) is 42.8 Å². The standard InChI is InChI=1S/C24H22N2O3S/c1-18-10-12-22(13-11-18)30(28,29)26-16-20(15-21-9-5-6-14-25-21)24(27)23(17-26)19-7-3-2-4-8-19/h2-15,23H,16-17H2,1H3/b20-15-. The number of ketones is 1. The van der Waals surface area contributed by atoms with Crippen molar-refractivity contribution in [1.82, 2.24) is 9.29 Å². The summed E-state index contributed by atoms with van der Waals surface area (Å²) in [5.74, 6) is -0.627. The number of aryl methyl sites for hydroxylation is 1. The summed E-state index contributed by atoms with van der Waals surface area (Å²) >= 11 is 0. The topological polar surface area (TPSA) is 67.3 Å². The molecular formula is C24H22N2O3S. The van der Waals surface area contributed by atoms with Crippen molar-refractivity contribution >= 4 is 21.9 Å². The van der Waals surface area contributed by atoms with Gasteiger partial charge in [0.25, 0.3) is 0 Å². The molecule has 1 aromatic heterocycles. The Kier molecular flexibility index (Phi) is 5.61. The second-order valence-electron chi connectivity index (χ2n) is 7.36. The van der Waals surface area contributed by atoms with Crippen LogP contribution in [0.25, 0.3) is 6.08 Å². The number of Topliss-reactive ketones (excluding diaryl/α,β-unsaturated/α-hetero) is 1. The van der Waals surface area contributed by atoms with E-state index in [2.05, 4.69) is 4.98 Å². The number of carbonyl (C=O) groups is 1. The maximum atomic E-state index is 13.4. The van der Waals surface area contributed by atoms with E-state index in [4.69, 9.17) is 0 Å².